The molecule has 0 saturated heterocycles. The number of carbonyl (C=O) groups excluding carboxylic acids is 2. The molecule has 2 aromatic rings. The van der Waals surface area contributed by atoms with Gasteiger partial charge in [0.2, 0.25) is 0 Å². The van der Waals surface area contributed by atoms with Crippen LogP contribution < -0.4 is 5.32 Å². The van der Waals surface area contributed by atoms with Gasteiger partial charge in [-0.1, -0.05) is 73.3 Å². The van der Waals surface area contributed by atoms with E-state index in [-0.39, 0.29) is 12.2 Å². The van der Waals surface area contributed by atoms with Gasteiger partial charge in [0.25, 0.3) is 5.24 Å². The second-order valence-corrected chi connectivity index (χ2v) is 4.92. The molecule has 0 aliphatic rings. The van der Waals surface area contributed by atoms with E-state index < -0.39 is 11.2 Å². The first-order chi connectivity index (χ1) is 11.0. The second-order valence-electron chi connectivity index (χ2n) is 4.52. The van der Waals surface area contributed by atoms with Crippen molar-refractivity contribution in [3.63, 3.8) is 0 Å². The molecule has 0 radical (unpaired) electrons. The monoisotopic (exact) mass is 329 g/mol. The number of rotatable bonds is 4. The number of para-hydroxylation sites is 1. The number of amides is 1. The highest BCUT2D eigenvalue weighted by molar-refractivity contribution is 7.96. The molecule has 1 N–H and O–H groups in total. The van der Waals surface area contributed by atoms with Gasteiger partial charge in [-0.3, -0.25) is 4.79 Å². The molecule has 0 aliphatic heterocycles. The predicted molar refractivity (Wildman–Crippen MR) is 96.1 cm³/mol. The molecule has 0 spiro atoms. The zero-order valence-electron chi connectivity index (χ0n) is 12.9. The fourth-order valence-corrected chi connectivity index (χ4v) is 1.75. The van der Waals surface area contributed by atoms with E-state index in [4.69, 9.17) is 4.74 Å². The maximum atomic E-state index is 11.6. The first-order valence-electron chi connectivity index (χ1n) is 6.93. The lowest BCUT2D eigenvalue weighted by Crippen LogP contribution is -2.11. The van der Waals surface area contributed by atoms with Gasteiger partial charge in [-0.2, -0.15) is 0 Å². The lowest BCUT2D eigenvalue weighted by atomic mass is 10.2. The van der Waals surface area contributed by atoms with Crippen LogP contribution in [-0.4, -0.2) is 17.8 Å². The first kappa shape index (κ1) is 18.5. The molecule has 4 nitrogen and oxygen atoms in total. The summed E-state index contributed by atoms with van der Waals surface area (Å²) in [5.74, 6) is -0.516. The summed E-state index contributed by atoms with van der Waals surface area (Å²) in [6.07, 6.45) is 1.47. The van der Waals surface area contributed by atoms with Gasteiger partial charge >= 0.3 is 5.97 Å². The predicted octanol–water partition coefficient (Wildman–Crippen LogP) is 4.49. The van der Waals surface area contributed by atoms with Crippen LogP contribution in [0.1, 0.15) is 15.9 Å². The third kappa shape index (κ3) is 7.33. The Hall–Kier alpha value is -2.53. The van der Waals surface area contributed by atoms with Crippen molar-refractivity contribution in [2.45, 2.75) is 6.92 Å². The molecule has 120 valence electrons. The smallest absolute Gasteiger partial charge is 0.340 e. The Morgan fingerprint density at radius 1 is 1.13 bits per heavy atom. The largest absolute Gasteiger partial charge is 0.458 e. The van der Waals surface area contributed by atoms with Gasteiger partial charge in [0.1, 0.15) is 6.61 Å². The molecule has 5 heteroatoms. The van der Waals surface area contributed by atoms with Crippen molar-refractivity contribution in [3.8, 4) is 0 Å². The fraction of sp³-hybridized carbons (Fsp3) is 0.111. The van der Waals surface area contributed by atoms with Crippen molar-refractivity contribution in [2.24, 2.45) is 0 Å². The minimum atomic E-state index is -0.538. The van der Waals surface area contributed by atoms with E-state index in [9.17, 15) is 9.59 Å². The number of carbonyl (C=O) groups is 2. The number of thiol groups is 1. The average molecular weight is 329 g/mol. The molecule has 2 aromatic carbocycles. The van der Waals surface area contributed by atoms with Gasteiger partial charge in [-0.05, 0) is 19.1 Å². The van der Waals surface area contributed by atoms with Crippen molar-refractivity contribution >= 4 is 29.5 Å². The summed E-state index contributed by atoms with van der Waals surface area (Å²) in [5.41, 5.74) is 1.98. The van der Waals surface area contributed by atoms with Crippen LogP contribution in [0.4, 0.5) is 10.5 Å². The highest BCUT2D eigenvalue weighted by Crippen LogP contribution is 2.16. The van der Waals surface area contributed by atoms with E-state index in [1.165, 1.54) is 11.6 Å². The number of ether oxygens (including phenoxy) is 1. The molecule has 0 fully saturated rings. The summed E-state index contributed by atoms with van der Waals surface area (Å²) in [5, 5.41) is 1.89. The zero-order chi connectivity index (χ0) is 17.1. The lowest BCUT2D eigenvalue weighted by molar-refractivity contribution is 0.0551. The number of hydrogen-bond donors (Lipinski definition) is 2. The Morgan fingerprint density at radius 3 is 2.26 bits per heavy atom. The summed E-state index contributed by atoms with van der Waals surface area (Å²) in [6, 6.07) is 16.8. The third-order valence-electron chi connectivity index (χ3n) is 2.66. The van der Waals surface area contributed by atoms with Gasteiger partial charge in [0.05, 0.1) is 11.3 Å². The van der Waals surface area contributed by atoms with Crippen molar-refractivity contribution in [3.05, 3.63) is 78.4 Å². The minimum absolute atomic E-state index is 0.127. The highest BCUT2D eigenvalue weighted by atomic mass is 32.1. The Bertz CT molecular complexity index is 656. The van der Waals surface area contributed by atoms with E-state index in [1.807, 2.05) is 18.2 Å². The summed E-state index contributed by atoms with van der Waals surface area (Å²) in [4.78, 5) is 22.3. The van der Waals surface area contributed by atoms with Crippen LogP contribution in [0, 0.1) is 6.92 Å². The molecule has 0 aliphatic carbocycles. The van der Waals surface area contributed by atoms with Crippen LogP contribution in [0.15, 0.2) is 67.3 Å². The van der Waals surface area contributed by atoms with E-state index in [1.54, 1.807) is 24.3 Å². The van der Waals surface area contributed by atoms with Gasteiger partial charge in [-0.25, -0.2) is 4.79 Å². The number of nitrogens with one attached hydrogen (secondary N) is 1. The lowest BCUT2D eigenvalue weighted by Gasteiger charge is -2.08. The normalized spacial score (nSPS) is 9.13. The number of anilines is 1. The van der Waals surface area contributed by atoms with Crippen molar-refractivity contribution in [2.75, 3.05) is 11.9 Å². The van der Waals surface area contributed by atoms with Crippen molar-refractivity contribution in [1.29, 1.82) is 0 Å². The molecule has 23 heavy (non-hydrogen) atoms. The van der Waals surface area contributed by atoms with Gasteiger partial charge in [0, 0.05) is 0 Å². The number of esters is 1. The molecule has 0 bridgehead atoms. The Labute approximate surface area is 141 Å². The second kappa shape index (κ2) is 10.2. The molecule has 0 heterocycles. The summed E-state index contributed by atoms with van der Waals surface area (Å²) < 4.78 is 4.87. The Balaban J connectivity index is 0.000000313. The van der Waals surface area contributed by atoms with Gasteiger partial charge < -0.3 is 10.1 Å². The number of hydrogen-bond acceptors (Lipinski definition) is 3. The maximum Gasteiger partial charge on any atom is 0.340 e. The van der Waals surface area contributed by atoms with E-state index in [0.717, 1.165) is 0 Å². The van der Waals surface area contributed by atoms with Crippen LogP contribution in [0.2, 0.25) is 0 Å². The standard InChI is InChI=1S/C11H11NO3S.C7H8/c1-2-7-15-10(13)8-5-3-4-6-9(8)12-11(14)16;1-7-5-3-2-4-6-7/h2-6H,1,7H2,(H2,12,14,16);2-6H,1H3. The van der Waals surface area contributed by atoms with Crippen LogP contribution in [0.3, 0.4) is 0 Å². The zero-order valence-corrected chi connectivity index (χ0v) is 13.8. The molecule has 1 amide bonds. The number of benzene rings is 2. The SMILES string of the molecule is C=CCOC(=O)c1ccccc1NC(=O)S.Cc1ccccc1. The van der Waals surface area contributed by atoms with Crippen molar-refractivity contribution in [1.82, 2.24) is 0 Å². The minimum Gasteiger partial charge on any atom is -0.458 e. The number of aryl methyl sites for hydroxylation is 1. The molecule has 0 saturated carbocycles. The van der Waals surface area contributed by atoms with Crippen LogP contribution in [0.25, 0.3) is 0 Å². The van der Waals surface area contributed by atoms with Crippen LogP contribution >= 0.6 is 12.6 Å². The third-order valence-corrected chi connectivity index (χ3v) is 2.77. The Kier molecular flexibility index (Phi) is 8.24. The molecule has 0 aromatic heterocycles. The van der Waals surface area contributed by atoms with E-state index in [0.29, 0.717) is 5.69 Å². The topological polar surface area (TPSA) is 55.4 Å². The quantitative estimate of drug-likeness (QED) is 0.494. The van der Waals surface area contributed by atoms with Gasteiger partial charge in [0.15, 0.2) is 0 Å². The first-order valence-corrected chi connectivity index (χ1v) is 7.38. The highest BCUT2D eigenvalue weighted by Gasteiger charge is 2.12. The average Bonchev–Trinajstić information content (AvgIpc) is 2.54. The maximum absolute atomic E-state index is 11.6. The van der Waals surface area contributed by atoms with Crippen LogP contribution in [0.5, 0.6) is 0 Å². The summed E-state index contributed by atoms with van der Waals surface area (Å²) in [7, 11) is 0. The molecule has 0 unspecified atom stereocenters. The summed E-state index contributed by atoms with van der Waals surface area (Å²) in [6.45, 7) is 5.65. The molecule has 2 rings (SSSR count). The van der Waals surface area contributed by atoms with E-state index in [2.05, 4.69) is 43.6 Å². The molecular weight excluding hydrogens is 310 g/mol. The van der Waals surface area contributed by atoms with E-state index >= 15 is 0 Å². The van der Waals surface area contributed by atoms with Crippen molar-refractivity contribution < 1.29 is 14.3 Å². The van der Waals surface area contributed by atoms with Gasteiger partial charge in [-0.15, -0.1) is 0 Å². The fourth-order valence-electron chi connectivity index (χ4n) is 1.63. The Morgan fingerprint density at radius 2 is 1.74 bits per heavy atom. The van der Waals surface area contributed by atoms with Crippen LogP contribution in [-0.2, 0) is 4.74 Å². The molecular formula is C18H19NO3S. The molecule has 0 atom stereocenters. The summed E-state index contributed by atoms with van der Waals surface area (Å²) >= 11 is 3.58.